The fraction of sp³-hybridized carbons (Fsp3) is 0.0667. The highest BCUT2D eigenvalue weighted by molar-refractivity contribution is 6.16. The minimum Gasteiger partial charge on any atom is -0.456 e. The zero-order valence-corrected chi connectivity index (χ0v) is 26.7. The minimum atomic E-state index is -0.130. The average Bonchev–Trinajstić information content (AvgIpc) is 3.77. The molecule has 0 fully saturated rings. The van der Waals surface area contributed by atoms with Crippen LogP contribution in [0.25, 0.3) is 66.1 Å². The fourth-order valence-electron chi connectivity index (χ4n) is 7.97. The number of hydrogen-bond acceptors (Lipinski definition) is 3. The molecular formula is C45H31NO2. The SMILES string of the molecule is CC1(C)c2ccccc2-c2ccc(N(c3ccc4c(c3)oc3ccccc34)c3cccc4oc5c(-c6ccccc6)cccc5c34)cc21. The Hall–Kier alpha value is -6.06. The second kappa shape index (κ2) is 9.97. The van der Waals surface area contributed by atoms with E-state index in [0.717, 1.165) is 72.1 Å². The average molecular weight is 618 g/mol. The molecule has 0 aliphatic heterocycles. The molecule has 9 aromatic rings. The third-order valence-electron chi connectivity index (χ3n) is 10.3. The Labute approximate surface area is 278 Å². The molecule has 0 radical (unpaired) electrons. The summed E-state index contributed by atoms with van der Waals surface area (Å²) in [5.74, 6) is 0. The van der Waals surface area contributed by atoms with Crippen LogP contribution in [0.1, 0.15) is 25.0 Å². The summed E-state index contributed by atoms with van der Waals surface area (Å²) < 4.78 is 13.1. The van der Waals surface area contributed by atoms with E-state index < -0.39 is 0 Å². The lowest BCUT2D eigenvalue weighted by Crippen LogP contribution is -2.16. The maximum Gasteiger partial charge on any atom is 0.143 e. The lowest BCUT2D eigenvalue weighted by atomic mass is 9.82. The normalized spacial score (nSPS) is 13.4. The van der Waals surface area contributed by atoms with Crippen LogP contribution in [-0.4, -0.2) is 0 Å². The van der Waals surface area contributed by atoms with E-state index >= 15 is 0 Å². The molecule has 3 nitrogen and oxygen atoms in total. The van der Waals surface area contributed by atoms with Gasteiger partial charge in [0.15, 0.2) is 0 Å². The fourth-order valence-corrected chi connectivity index (χ4v) is 7.97. The summed E-state index contributed by atoms with van der Waals surface area (Å²) in [5.41, 5.74) is 14.1. The predicted octanol–water partition coefficient (Wildman–Crippen LogP) is 12.9. The monoisotopic (exact) mass is 617 g/mol. The Bertz CT molecular complexity index is 2710. The highest BCUT2D eigenvalue weighted by Crippen LogP contribution is 2.52. The molecule has 0 spiro atoms. The van der Waals surface area contributed by atoms with Crippen molar-refractivity contribution in [3.05, 3.63) is 163 Å². The Morgan fingerprint density at radius 1 is 0.458 bits per heavy atom. The number of benzene rings is 7. The van der Waals surface area contributed by atoms with Crippen molar-refractivity contribution in [2.75, 3.05) is 4.90 Å². The number of anilines is 3. The number of fused-ring (bicyclic) bond motifs is 9. The van der Waals surface area contributed by atoms with Gasteiger partial charge in [-0.1, -0.05) is 117 Å². The summed E-state index contributed by atoms with van der Waals surface area (Å²) in [7, 11) is 0. The quantitative estimate of drug-likeness (QED) is 0.197. The summed E-state index contributed by atoms with van der Waals surface area (Å²) >= 11 is 0. The van der Waals surface area contributed by atoms with Gasteiger partial charge in [-0.2, -0.15) is 0 Å². The van der Waals surface area contributed by atoms with Gasteiger partial charge in [-0.05, 0) is 70.3 Å². The van der Waals surface area contributed by atoms with Crippen LogP contribution in [0.15, 0.2) is 160 Å². The molecule has 10 rings (SSSR count). The Balaban J connectivity index is 1.25. The van der Waals surface area contributed by atoms with Gasteiger partial charge in [0.05, 0.1) is 11.1 Å². The maximum absolute atomic E-state index is 6.71. The highest BCUT2D eigenvalue weighted by Gasteiger charge is 2.36. The van der Waals surface area contributed by atoms with Gasteiger partial charge in [-0.15, -0.1) is 0 Å². The first-order chi connectivity index (χ1) is 23.6. The molecule has 0 amide bonds. The maximum atomic E-state index is 6.71. The molecule has 0 saturated heterocycles. The van der Waals surface area contributed by atoms with Gasteiger partial charge in [0.25, 0.3) is 0 Å². The molecule has 0 saturated carbocycles. The number of para-hydroxylation sites is 2. The molecule has 7 aromatic carbocycles. The first kappa shape index (κ1) is 27.1. The molecule has 0 N–H and O–H groups in total. The van der Waals surface area contributed by atoms with Crippen LogP contribution in [0.3, 0.4) is 0 Å². The highest BCUT2D eigenvalue weighted by atomic mass is 16.3. The molecular weight excluding hydrogens is 587 g/mol. The second-order valence-corrected chi connectivity index (χ2v) is 13.3. The molecule has 0 unspecified atom stereocenters. The van der Waals surface area contributed by atoms with Crippen LogP contribution in [0.4, 0.5) is 17.1 Å². The lowest BCUT2D eigenvalue weighted by Gasteiger charge is -2.28. The van der Waals surface area contributed by atoms with Gasteiger partial charge in [0.1, 0.15) is 22.3 Å². The van der Waals surface area contributed by atoms with E-state index in [1.165, 1.54) is 22.3 Å². The van der Waals surface area contributed by atoms with Crippen molar-refractivity contribution in [3.63, 3.8) is 0 Å². The first-order valence-corrected chi connectivity index (χ1v) is 16.5. The number of hydrogen-bond donors (Lipinski definition) is 0. The Kier molecular flexibility index (Phi) is 5.63. The first-order valence-electron chi connectivity index (χ1n) is 16.5. The summed E-state index contributed by atoms with van der Waals surface area (Å²) in [6.45, 7) is 4.67. The van der Waals surface area contributed by atoms with E-state index in [1.807, 2.05) is 18.2 Å². The van der Waals surface area contributed by atoms with Crippen LogP contribution in [0, 0.1) is 0 Å². The topological polar surface area (TPSA) is 29.5 Å². The zero-order chi connectivity index (χ0) is 32.0. The van der Waals surface area contributed by atoms with Crippen LogP contribution in [0.5, 0.6) is 0 Å². The van der Waals surface area contributed by atoms with Crippen molar-refractivity contribution >= 4 is 60.9 Å². The number of nitrogens with zero attached hydrogens (tertiary/aromatic N) is 1. The van der Waals surface area contributed by atoms with Crippen molar-refractivity contribution in [3.8, 4) is 22.3 Å². The molecule has 0 bridgehead atoms. The summed E-state index contributed by atoms with van der Waals surface area (Å²) in [6.07, 6.45) is 0. The van der Waals surface area contributed by atoms with Crippen molar-refractivity contribution in [2.24, 2.45) is 0 Å². The van der Waals surface area contributed by atoms with Crippen molar-refractivity contribution in [2.45, 2.75) is 19.3 Å². The minimum absolute atomic E-state index is 0.130. The van der Waals surface area contributed by atoms with Gasteiger partial charge in [-0.3, -0.25) is 0 Å². The van der Waals surface area contributed by atoms with E-state index in [1.54, 1.807) is 0 Å². The van der Waals surface area contributed by atoms with Gasteiger partial charge in [0, 0.05) is 44.6 Å². The summed E-state index contributed by atoms with van der Waals surface area (Å²) in [5, 5.41) is 4.40. The van der Waals surface area contributed by atoms with Crippen LogP contribution in [-0.2, 0) is 5.41 Å². The molecule has 1 aliphatic rings. The Morgan fingerprint density at radius 3 is 2.04 bits per heavy atom. The van der Waals surface area contributed by atoms with Gasteiger partial charge in [0.2, 0.25) is 0 Å². The standard InChI is InChI=1S/C45H31NO2/c1-45(2)37-18-8-6-14-32(37)33-24-22-29(26-38(33)45)46(30-23-25-35-34-15-7-9-20-40(34)47-42(35)27-30)39-19-11-21-41-43(39)36-17-10-16-31(44(36)48-41)28-12-4-3-5-13-28/h3-27H,1-2H3. The number of rotatable bonds is 4. The molecule has 3 heteroatoms. The third-order valence-corrected chi connectivity index (χ3v) is 10.3. The van der Waals surface area contributed by atoms with Crippen molar-refractivity contribution in [1.29, 1.82) is 0 Å². The number of furan rings is 2. The lowest BCUT2D eigenvalue weighted by molar-refractivity contribution is 0.660. The van der Waals surface area contributed by atoms with Crippen LogP contribution < -0.4 is 4.90 Å². The van der Waals surface area contributed by atoms with Crippen LogP contribution >= 0.6 is 0 Å². The third kappa shape index (κ3) is 3.82. The van der Waals surface area contributed by atoms with E-state index in [0.29, 0.717) is 0 Å². The van der Waals surface area contributed by atoms with Gasteiger partial charge < -0.3 is 13.7 Å². The van der Waals surface area contributed by atoms with E-state index in [4.69, 9.17) is 8.83 Å². The largest absolute Gasteiger partial charge is 0.456 e. The van der Waals surface area contributed by atoms with Crippen molar-refractivity contribution < 1.29 is 8.83 Å². The molecule has 2 heterocycles. The van der Waals surface area contributed by atoms with Gasteiger partial charge in [-0.25, -0.2) is 0 Å². The molecule has 48 heavy (non-hydrogen) atoms. The Morgan fingerprint density at radius 2 is 1.12 bits per heavy atom. The zero-order valence-electron chi connectivity index (χ0n) is 26.7. The van der Waals surface area contributed by atoms with Crippen LogP contribution in [0.2, 0.25) is 0 Å². The summed E-state index contributed by atoms with van der Waals surface area (Å²) in [6, 6.07) is 53.9. The molecule has 2 aromatic heterocycles. The van der Waals surface area contributed by atoms with E-state index in [-0.39, 0.29) is 5.41 Å². The summed E-state index contributed by atoms with van der Waals surface area (Å²) in [4.78, 5) is 2.37. The molecule has 0 atom stereocenters. The smallest absolute Gasteiger partial charge is 0.143 e. The second-order valence-electron chi connectivity index (χ2n) is 13.3. The molecule has 228 valence electrons. The van der Waals surface area contributed by atoms with Crippen molar-refractivity contribution in [1.82, 2.24) is 0 Å². The predicted molar refractivity (Wildman–Crippen MR) is 199 cm³/mol. The van der Waals surface area contributed by atoms with E-state index in [9.17, 15) is 0 Å². The van der Waals surface area contributed by atoms with Gasteiger partial charge >= 0.3 is 0 Å². The van der Waals surface area contributed by atoms with E-state index in [2.05, 4.69) is 152 Å². The molecule has 1 aliphatic carbocycles.